The van der Waals surface area contributed by atoms with Crippen LogP contribution in [0.4, 0.5) is 0 Å². The molecule has 0 unspecified atom stereocenters. The minimum absolute atomic E-state index is 0.0334. The van der Waals surface area contributed by atoms with E-state index in [0.29, 0.717) is 38.5 Å². The Morgan fingerprint density at radius 2 is 0.409 bits per heavy atom. The first-order valence-electron chi connectivity index (χ1n) is 43.8. The van der Waals surface area contributed by atoms with Crippen molar-refractivity contribution < 1.29 is 137 Å². The fraction of sp³-hybridized carbons (Fsp3) is 0.747. The Bertz CT molecular complexity index is 4270. The Hall–Kier alpha value is -10.9. The van der Waals surface area contributed by atoms with Crippen LogP contribution in [0.2, 0.25) is 0 Å². The Morgan fingerprint density at radius 3 is 0.583 bits per heavy atom. The van der Waals surface area contributed by atoms with Gasteiger partial charge in [0.25, 0.3) is 0 Å². The molecular weight excluding hydrogens is 1680 g/mol. The third kappa shape index (κ3) is 20.9. The SMILES string of the molecule is O=C(O)CNC(=O)[C@@H]1C[C@@H](O)CN1C(=O)[C@@H]1CCCN1C(=O)CNC(=O)[C@@H]1C[C@@H](O)CN1C(=O)[C@@H]1CCCN1C(=O)CNC(=O)[C@@H]1C[C@@H](O)CN1C(=O)[C@@H]1CCCN1C(=O)CNC(=O)[C@@H]1C[C@@H](O)CN1C(=O)[C@@H]1CCCN1C(=O)CNC(=O)[C@@H]1C[C@@H](O)CN1C(=O)[C@@H]1CCCN1C(=O)CNC(=O)[C@@H]1C[C@@H](O)CN1C(=O)[C@@H]1CCCN1C(=O)CNC(=O)[C@@H]1C[C@@H](O)CN1. The zero-order valence-electron chi connectivity index (χ0n) is 70.2. The van der Waals surface area contributed by atoms with Crippen LogP contribution in [-0.4, -0.2) is 470 Å². The van der Waals surface area contributed by atoms with E-state index >= 15 is 0 Å². The lowest BCUT2D eigenvalue weighted by atomic mass is 10.1. The van der Waals surface area contributed by atoms with Gasteiger partial charge in [-0.1, -0.05) is 0 Å². The zero-order chi connectivity index (χ0) is 91.3. The van der Waals surface area contributed by atoms with E-state index in [2.05, 4.69) is 42.5 Å². The topological polar surface area (TPSA) is 638 Å². The smallest absolute Gasteiger partial charge is 0.322 e. The van der Waals surface area contributed by atoms with E-state index in [4.69, 9.17) is 5.11 Å². The van der Waals surface area contributed by atoms with Gasteiger partial charge in [0.15, 0.2) is 0 Å². The highest BCUT2D eigenvalue weighted by Crippen LogP contribution is 2.34. The number of aliphatic carboxylic acids is 1. The molecule has 19 amide bonds. The van der Waals surface area contributed by atoms with Crippen molar-refractivity contribution in [2.45, 2.75) is 243 Å². The average Bonchev–Trinajstić information content (AvgIpc) is 1.70. The van der Waals surface area contributed by atoms with Gasteiger partial charge in [-0.15, -0.1) is 0 Å². The van der Waals surface area contributed by atoms with Crippen LogP contribution in [0.15, 0.2) is 0 Å². The van der Waals surface area contributed by atoms with Crippen LogP contribution in [0, 0.1) is 0 Å². The van der Waals surface area contributed by atoms with Gasteiger partial charge in [-0.2, -0.15) is 0 Å². The van der Waals surface area contributed by atoms with Crippen LogP contribution in [0.5, 0.6) is 0 Å². The van der Waals surface area contributed by atoms with Crippen LogP contribution in [0.3, 0.4) is 0 Å². The molecule has 48 nitrogen and oxygen atoms in total. The van der Waals surface area contributed by atoms with E-state index in [-0.39, 0.29) is 169 Å². The van der Waals surface area contributed by atoms with Crippen LogP contribution in [0.25, 0.3) is 0 Å². The number of carbonyl (C=O) groups excluding carboxylic acids is 19. The molecule has 13 aliphatic heterocycles. The van der Waals surface area contributed by atoms with Gasteiger partial charge in [-0.05, 0) is 83.5 Å². The normalized spacial score (nSPS) is 31.1. The summed E-state index contributed by atoms with van der Waals surface area (Å²) in [5.41, 5.74) is 0. The van der Waals surface area contributed by atoms with Crippen molar-refractivity contribution in [1.29, 1.82) is 0 Å². The molecule has 13 fully saturated rings. The number of carboxylic acids is 1. The molecule has 13 saturated heterocycles. The number of carboxylic acid groups (broad SMARTS) is 1. The fourth-order valence-electron chi connectivity index (χ4n) is 20.4. The summed E-state index contributed by atoms with van der Waals surface area (Å²) < 4.78 is 0. The molecule has 16 N–H and O–H groups in total. The number of hydrogen-bond donors (Lipinski definition) is 16. The standard InChI is InChI=1S/C79H114N20O28/c100-40-19-47(80-26-40)67(115)81-27-60(107)88-13-1-7-48(88)74(122)94-34-41(101)20-54(94)68(116)82-28-61(108)89-14-2-8-49(89)75(123)95-35-42(102)21-55(95)69(117)83-29-62(109)90-15-3-9-50(90)76(124)96-36-43(103)22-56(96)70(118)84-30-63(110)91-16-4-10-51(91)77(125)97-37-44(104)23-57(97)71(119)85-31-64(111)92-17-5-11-52(92)78(126)98-38-45(105)24-58(98)72(120)86-32-65(112)93-18-6-12-53(93)79(127)99-39-46(106)25-59(99)73(121)87-33-66(113)114/h40-59,80,100-106H,1-39H2,(H,81,115)(H,82,116)(H,83,117)(H,84,118)(H,85,119)(H,86,120)(H,87,121)(H,113,114)/t40-,41-,42-,43-,44-,45-,46-,47+,48+,49+,50+,51+,52+,53+,54+,55+,56+,57+,58+,59+/m1/s1. The predicted molar refractivity (Wildman–Crippen MR) is 426 cm³/mol. The van der Waals surface area contributed by atoms with Gasteiger partial charge < -0.3 is 142 Å². The van der Waals surface area contributed by atoms with Crippen molar-refractivity contribution in [3.63, 3.8) is 0 Å². The van der Waals surface area contributed by atoms with E-state index in [9.17, 15) is 132 Å². The highest BCUT2D eigenvalue weighted by Gasteiger charge is 2.53. The second kappa shape index (κ2) is 40.6. The van der Waals surface area contributed by atoms with Crippen LogP contribution < -0.4 is 42.5 Å². The summed E-state index contributed by atoms with van der Waals surface area (Å²) in [5, 5.41) is 104. The molecule has 48 heteroatoms. The molecule has 0 saturated carbocycles. The Labute approximate surface area is 727 Å². The second-order valence-electron chi connectivity index (χ2n) is 35.1. The summed E-state index contributed by atoms with van der Waals surface area (Å²) >= 11 is 0. The molecule has 0 aromatic heterocycles. The van der Waals surface area contributed by atoms with Crippen molar-refractivity contribution in [2.75, 3.05) is 131 Å². The van der Waals surface area contributed by atoms with Gasteiger partial charge in [0.05, 0.1) is 88.0 Å². The molecule has 20 atom stereocenters. The average molecular weight is 1790 g/mol. The number of aliphatic hydroxyl groups is 7. The number of β-amino-alcohol motifs (C(OH)–C–C–N with tert-alkyl or cyclic N) is 7. The third-order valence-corrected chi connectivity index (χ3v) is 26.7. The number of amides is 19. The summed E-state index contributed by atoms with van der Waals surface area (Å²) in [5.74, 6) is -15.0. The first kappa shape index (κ1) is 93.7. The Morgan fingerprint density at radius 1 is 0.228 bits per heavy atom. The highest BCUT2D eigenvalue weighted by molar-refractivity contribution is 6.02. The van der Waals surface area contributed by atoms with Crippen molar-refractivity contribution in [1.82, 2.24) is 101 Å². The molecule has 13 heterocycles. The molecule has 13 aliphatic rings. The highest BCUT2D eigenvalue weighted by atomic mass is 16.4. The summed E-state index contributed by atoms with van der Waals surface area (Å²) in [6.07, 6.45) is -5.91. The van der Waals surface area contributed by atoms with E-state index in [1.165, 1.54) is 29.4 Å². The number of aliphatic hydroxyl groups excluding tert-OH is 7. The van der Waals surface area contributed by atoms with Gasteiger partial charge in [-0.25, -0.2) is 0 Å². The minimum Gasteiger partial charge on any atom is -0.480 e. The number of carbonyl (C=O) groups is 20. The van der Waals surface area contributed by atoms with Gasteiger partial charge in [0, 0.05) is 124 Å². The first-order chi connectivity index (χ1) is 60.5. The largest absolute Gasteiger partial charge is 0.480 e. The first-order valence-corrected chi connectivity index (χ1v) is 43.8. The molecule has 0 spiro atoms. The lowest BCUT2D eigenvalue weighted by Gasteiger charge is -2.32. The molecule has 698 valence electrons. The van der Waals surface area contributed by atoms with E-state index in [0.717, 1.165) is 29.4 Å². The van der Waals surface area contributed by atoms with Gasteiger partial charge >= 0.3 is 5.97 Å². The van der Waals surface area contributed by atoms with Gasteiger partial charge in [0.2, 0.25) is 112 Å². The van der Waals surface area contributed by atoms with E-state index in [1.54, 1.807) is 0 Å². The van der Waals surface area contributed by atoms with Gasteiger partial charge in [-0.3, -0.25) is 95.9 Å². The summed E-state index contributed by atoms with van der Waals surface area (Å²) in [4.78, 5) is 289. The van der Waals surface area contributed by atoms with E-state index < -0.39 is 285 Å². The number of likely N-dealkylation sites (tertiary alicyclic amines) is 12. The number of nitrogens with zero attached hydrogens (tertiary/aromatic N) is 12. The molecule has 0 aliphatic carbocycles. The molecule has 0 aromatic carbocycles. The number of hydrogen-bond acceptors (Lipinski definition) is 28. The molecule has 0 aromatic rings. The van der Waals surface area contributed by atoms with Crippen molar-refractivity contribution in [3.05, 3.63) is 0 Å². The maximum Gasteiger partial charge on any atom is 0.322 e. The minimum atomic E-state index is -1.35. The van der Waals surface area contributed by atoms with Gasteiger partial charge in [0.1, 0.15) is 79.0 Å². The summed E-state index contributed by atoms with van der Waals surface area (Å²) in [6, 6.07) is -15.2. The van der Waals surface area contributed by atoms with Crippen LogP contribution in [-0.2, 0) is 95.9 Å². The van der Waals surface area contributed by atoms with Crippen molar-refractivity contribution in [2.24, 2.45) is 0 Å². The summed E-state index contributed by atoms with van der Waals surface area (Å²) in [6.45, 7) is -5.57. The second-order valence-corrected chi connectivity index (χ2v) is 35.1. The van der Waals surface area contributed by atoms with Crippen LogP contribution >= 0.6 is 0 Å². The van der Waals surface area contributed by atoms with Crippen molar-refractivity contribution >= 4 is 118 Å². The lowest BCUT2D eigenvalue weighted by molar-refractivity contribution is -0.148. The number of nitrogens with one attached hydrogen (secondary N) is 8. The molecule has 13 rings (SSSR count). The lowest BCUT2D eigenvalue weighted by Crippen LogP contribution is -2.57. The molecular formula is C79H114N20O28. The summed E-state index contributed by atoms with van der Waals surface area (Å²) in [7, 11) is 0. The maximum atomic E-state index is 14.5. The van der Waals surface area contributed by atoms with Crippen LogP contribution in [0.1, 0.15) is 122 Å². The fourth-order valence-corrected chi connectivity index (χ4v) is 20.4. The predicted octanol–water partition coefficient (Wildman–Crippen LogP) is -13.7. The Kier molecular flexibility index (Phi) is 30.0. The number of rotatable bonds is 27. The molecule has 127 heavy (non-hydrogen) atoms. The zero-order valence-corrected chi connectivity index (χ0v) is 70.2. The Balaban J connectivity index is 0.540. The molecule has 0 bridgehead atoms. The quantitative estimate of drug-likeness (QED) is 0.0363. The molecule has 0 radical (unpaired) electrons. The third-order valence-electron chi connectivity index (χ3n) is 26.7. The maximum absolute atomic E-state index is 14.5. The van der Waals surface area contributed by atoms with Crippen molar-refractivity contribution in [3.8, 4) is 0 Å². The monoisotopic (exact) mass is 1790 g/mol. The van der Waals surface area contributed by atoms with E-state index in [1.807, 2.05) is 0 Å².